The number of ether oxygens (including phenoxy) is 3. The van der Waals surface area contributed by atoms with Gasteiger partial charge < -0.3 is 24.1 Å². The second-order valence-electron chi connectivity index (χ2n) is 12.9. The number of halogens is 5. The topological polar surface area (TPSA) is 129 Å². The van der Waals surface area contributed by atoms with E-state index in [4.69, 9.17) is 14.2 Å². The van der Waals surface area contributed by atoms with Gasteiger partial charge in [-0.1, -0.05) is 6.07 Å². The number of fused-ring (bicyclic) bond motifs is 1. The number of nitrogens with zero attached hydrogens (tertiary/aromatic N) is 3. The van der Waals surface area contributed by atoms with Gasteiger partial charge in [0, 0.05) is 26.8 Å². The summed E-state index contributed by atoms with van der Waals surface area (Å²) in [5.74, 6) is -4.33. The summed E-state index contributed by atoms with van der Waals surface area (Å²) >= 11 is 2.09. The zero-order valence-corrected chi connectivity index (χ0v) is 31.2. The number of alkyl halides is 4. The van der Waals surface area contributed by atoms with E-state index in [1.54, 1.807) is 6.07 Å². The largest absolute Gasteiger partial charge is 0.426 e. The number of nitrogens with one attached hydrogen (secondary N) is 1. The molecule has 278 valence electrons. The zero-order chi connectivity index (χ0) is 37.6. The van der Waals surface area contributed by atoms with Crippen LogP contribution in [0.3, 0.4) is 0 Å². The van der Waals surface area contributed by atoms with Gasteiger partial charge in [0.2, 0.25) is 5.91 Å². The Balaban J connectivity index is 1.22. The van der Waals surface area contributed by atoms with Gasteiger partial charge in [-0.2, -0.15) is 13.2 Å². The van der Waals surface area contributed by atoms with Gasteiger partial charge in [0.25, 0.3) is 10.0 Å². The molecule has 1 saturated carbocycles. The molecule has 17 heteroatoms. The predicted octanol–water partition coefficient (Wildman–Crippen LogP) is 6.76. The standard InChI is InChI=1S/C35H35F4IN4O7S/c1-20-41-30-17-25(8-10-31(30)43(20)2)52(47,48)44(3)22-5-4-6-23(16-22)50-33(46)26-11-13-34(40,51-24-12-14-49-19-24)18-27(26)32(45)42-29-9-7-21(15-28(29)36)35(37,38)39/h4-10,15-17,24,26-27H,11-14,18-19H2,1-3H3,(H,42,45)/t24-,26+,27+,34-/m1/s1. The van der Waals surface area contributed by atoms with Gasteiger partial charge in [0.1, 0.15) is 21.0 Å². The summed E-state index contributed by atoms with van der Waals surface area (Å²) in [7, 11) is -0.874. The Morgan fingerprint density at radius 3 is 2.56 bits per heavy atom. The lowest BCUT2D eigenvalue weighted by Gasteiger charge is -2.40. The summed E-state index contributed by atoms with van der Waals surface area (Å²) in [5, 5.41) is 2.36. The lowest BCUT2D eigenvalue weighted by molar-refractivity contribution is -0.149. The van der Waals surface area contributed by atoms with Crippen LogP contribution < -0.4 is 14.4 Å². The van der Waals surface area contributed by atoms with Crippen molar-refractivity contribution in [1.82, 2.24) is 9.55 Å². The highest BCUT2D eigenvalue weighted by Crippen LogP contribution is 2.46. The molecule has 3 aromatic carbocycles. The van der Waals surface area contributed by atoms with Crippen LogP contribution in [0.25, 0.3) is 11.0 Å². The van der Waals surface area contributed by atoms with Gasteiger partial charge >= 0.3 is 12.1 Å². The van der Waals surface area contributed by atoms with Gasteiger partial charge in [-0.25, -0.2) is 17.8 Å². The normalized spacial score (nSPS) is 22.3. The lowest BCUT2D eigenvalue weighted by atomic mass is 9.77. The smallest absolute Gasteiger partial charge is 0.416 e. The van der Waals surface area contributed by atoms with Crippen molar-refractivity contribution in [2.75, 3.05) is 29.9 Å². The molecule has 4 aromatic rings. The number of rotatable bonds is 9. The minimum atomic E-state index is -4.78. The van der Waals surface area contributed by atoms with Crippen LogP contribution in [0.2, 0.25) is 0 Å². The van der Waals surface area contributed by atoms with Crippen molar-refractivity contribution in [1.29, 1.82) is 0 Å². The molecule has 0 spiro atoms. The number of aromatic nitrogens is 2. The third-order valence-corrected chi connectivity index (χ3v) is 12.4. The molecule has 2 fully saturated rings. The van der Waals surface area contributed by atoms with Crippen molar-refractivity contribution >= 4 is 66.9 Å². The average molecular weight is 859 g/mol. The highest BCUT2D eigenvalue weighted by Gasteiger charge is 2.48. The lowest BCUT2D eigenvalue weighted by Crippen LogP contribution is -2.46. The van der Waals surface area contributed by atoms with E-state index in [-0.39, 0.29) is 41.3 Å². The van der Waals surface area contributed by atoms with E-state index >= 15 is 0 Å². The number of carbonyl (C=O) groups is 2. The average Bonchev–Trinajstić information content (AvgIpc) is 3.70. The summed E-state index contributed by atoms with van der Waals surface area (Å²) in [5.41, 5.74) is -0.218. The summed E-state index contributed by atoms with van der Waals surface area (Å²) in [6.07, 6.45) is -3.88. The van der Waals surface area contributed by atoms with E-state index in [0.717, 1.165) is 21.7 Å². The van der Waals surface area contributed by atoms with Crippen LogP contribution in [0.15, 0.2) is 65.6 Å². The van der Waals surface area contributed by atoms with Crippen LogP contribution >= 0.6 is 22.6 Å². The molecular formula is C35H35F4IN4O7S. The number of hydrogen-bond donors (Lipinski definition) is 1. The fourth-order valence-electron chi connectivity index (χ4n) is 6.42. The first-order valence-electron chi connectivity index (χ1n) is 16.3. The summed E-state index contributed by atoms with van der Waals surface area (Å²) in [6.45, 7) is 2.69. The molecule has 0 unspecified atom stereocenters. The SMILES string of the molecule is Cc1nc2cc(S(=O)(=O)N(C)c3cccc(OC(=O)[C@H]4CC[C@@](I)(O[C@@H]5CCOC5)C[C@@H]4C(=O)Nc4ccc(C(F)(F)F)cc4F)c3)ccc2n1C. The van der Waals surface area contributed by atoms with E-state index in [1.807, 2.05) is 18.5 Å². The number of imidazole rings is 1. The Morgan fingerprint density at radius 2 is 1.87 bits per heavy atom. The monoisotopic (exact) mass is 858 g/mol. The molecular weight excluding hydrogens is 823 g/mol. The van der Waals surface area contributed by atoms with Gasteiger partial charge in [0.05, 0.1) is 57.4 Å². The van der Waals surface area contributed by atoms with E-state index in [0.29, 0.717) is 37.6 Å². The summed E-state index contributed by atoms with van der Waals surface area (Å²) in [4.78, 5) is 31.9. The number of benzene rings is 3. The van der Waals surface area contributed by atoms with Crippen LogP contribution in [0.5, 0.6) is 5.75 Å². The Hall–Kier alpha value is -3.81. The molecule has 11 nitrogen and oxygen atoms in total. The van der Waals surface area contributed by atoms with Crippen LogP contribution in [-0.2, 0) is 42.3 Å². The molecule has 1 aliphatic heterocycles. The van der Waals surface area contributed by atoms with Crippen LogP contribution in [0, 0.1) is 24.6 Å². The Labute approximate surface area is 310 Å². The first-order valence-corrected chi connectivity index (χ1v) is 18.8. The summed E-state index contributed by atoms with van der Waals surface area (Å²) in [6, 6.07) is 12.3. The molecule has 1 saturated heterocycles. The third-order valence-electron chi connectivity index (χ3n) is 9.43. The van der Waals surface area contributed by atoms with E-state index in [9.17, 15) is 35.6 Å². The number of aryl methyl sites for hydroxylation is 2. The number of sulfonamides is 1. The molecule has 1 amide bonds. The molecule has 1 aliphatic carbocycles. The van der Waals surface area contributed by atoms with Gasteiger partial charge in [-0.3, -0.25) is 13.9 Å². The molecule has 0 bridgehead atoms. The Kier molecular flexibility index (Phi) is 10.6. The van der Waals surface area contributed by atoms with E-state index in [2.05, 4.69) is 32.9 Å². The number of esters is 1. The Morgan fingerprint density at radius 1 is 1.10 bits per heavy atom. The molecule has 52 heavy (non-hydrogen) atoms. The van der Waals surface area contributed by atoms with E-state index in [1.165, 1.54) is 43.4 Å². The van der Waals surface area contributed by atoms with Crippen molar-refractivity contribution in [3.05, 3.63) is 77.9 Å². The third kappa shape index (κ3) is 7.91. The molecule has 2 aliphatic rings. The second kappa shape index (κ2) is 14.5. The summed E-state index contributed by atoms with van der Waals surface area (Å²) < 4.78 is 101. The molecule has 0 radical (unpaired) electrons. The molecule has 4 atom stereocenters. The van der Waals surface area contributed by atoms with Crippen LogP contribution in [-0.4, -0.2) is 59.8 Å². The predicted molar refractivity (Wildman–Crippen MR) is 191 cm³/mol. The maximum Gasteiger partial charge on any atom is 0.416 e. The Bertz CT molecular complexity index is 2120. The molecule has 1 N–H and O–H groups in total. The fourth-order valence-corrected chi connectivity index (χ4v) is 8.78. The van der Waals surface area contributed by atoms with Gasteiger partial charge in [0.15, 0.2) is 0 Å². The first-order chi connectivity index (χ1) is 24.4. The molecule has 1 aromatic heterocycles. The number of anilines is 2. The van der Waals surface area contributed by atoms with Crippen molar-refractivity contribution in [3.8, 4) is 5.75 Å². The van der Waals surface area contributed by atoms with Gasteiger partial charge in [-0.05, 0) is 104 Å². The van der Waals surface area contributed by atoms with Crippen LogP contribution in [0.1, 0.15) is 37.1 Å². The van der Waals surface area contributed by atoms with Crippen molar-refractivity contribution in [2.24, 2.45) is 18.9 Å². The highest BCUT2D eigenvalue weighted by molar-refractivity contribution is 14.1. The second-order valence-corrected chi connectivity index (χ2v) is 16.8. The van der Waals surface area contributed by atoms with Crippen molar-refractivity contribution in [3.63, 3.8) is 0 Å². The van der Waals surface area contributed by atoms with Crippen LogP contribution in [0.4, 0.5) is 28.9 Å². The first kappa shape index (κ1) is 37.9. The number of carbonyl (C=O) groups excluding carboxylic acids is 2. The fraction of sp³-hybridized carbons (Fsp3) is 0.400. The zero-order valence-electron chi connectivity index (χ0n) is 28.2. The minimum absolute atomic E-state index is 0.0113. The maximum absolute atomic E-state index is 14.8. The minimum Gasteiger partial charge on any atom is -0.426 e. The number of amides is 1. The molecule has 6 rings (SSSR count). The highest BCUT2D eigenvalue weighted by atomic mass is 127. The quantitative estimate of drug-likeness (QED) is 0.0643. The van der Waals surface area contributed by atoms with Gasteiger partial charge in [-0.15, -0.1) is 0 Å². The van der Waals surface area contributed by atoms with Crippen molar-refractivity contribution in [2.45, 2.75) is 53.4 Å². The van der Waals surface area contributed by atoms with E-state index < -0.39 is 60.6 Å². The number of hydrogen-bond acceptors (Lipinski definition) is 8. The maximum atomic E-state index is 14.8. The molecule has 2 heterocycles. The van der Waals surface area contributed by atoms with Crippen molar-refractivity contribution < 1.29 is 49.8 Å².